The molecule has 28 heavy (non-hydrogen) atoms. The SMILES string of the molecule is Cc1ccc(S(=O)(=O)OCCCOC2CCN(C(=O)OC(C)(C)C)CC2)cc1. The molecule has 0 aromatic heterocycles. The van der Waals surface area contributed by atoms with Crippen LogP contribution in [0.5, 0.6) is 0 Å². The first-order chi connectivity index (χ1) is 13.1. The van der Waals surface area contributed by atoms with Crippen molar-refractivity contribution in [3.63, 3.8) is 0 Å². The van der Waals surface area contributed by atoms with Gasteiger partial charge in [-0.05, 0) is 59.1 Å². The first-order valence-corrected chi connectivity index (χ1v) is 11.0. The summed E-state index contributed by atoms with van der Waals surface area (Å²) in [6.07, 6.45) is 1.73. The fraction of sp³-hybridized carbons (Fsp3) is 0.650. The van der Waals surface area contributed by atoms with E-state index in [4.69, 9.17) is 13.7 Å². The van der Waals surface area contributed by atoms with Crippen LogP contribution in [-0.2, 0) is 23.8 Å². The van der Waals surface area contributed by atoms with E-state index in [1.54, 1.807) is 29.2 Å². The zero-order valence-corrected chi connectivity index (χ0v) is 18.0. The predicted molar refractivity (Wildman–Crippen MR) is 106 cm³/mol. The standard InChI is InChI=1S/C20H31NO6S/c1-16-6-8-18(9-7-16)28(23,24)26-15-5-14-25-17-10-12-21(13-11-17)19(22)27-20(2,3)4/h6-9,17H,5,10-15H2,1-4H3. The van der Waals surface area contributed by atoms with Gasteiger partial charge in [-0.1, -0.05) is 17.7 Å². The van der Waals surface area contributed by atoms with Crippen molar-refractivity contribution < 1.29 is 26.9 Å². The van der Waals surface area contributed by atoms with Gasteiger partial charge in [-0.3, -0.25) is 4.18 Å². The van der Waals surface area contributed by atoms with E-state index in [0.717, 1.165) is 18.4 Å². The Kier molecular flexibility index (Phi) is 7.86. The molecule has 1 aliphatic rings. The van der Waals surface area contributed by atoms with Crippen LogP contribution < -0.4 is 0 Å². The summed E-state index contributed by atoms with van der Waals surface area (Å²) in [5, 5.41) is 0. The van der Waals surface area contributed by atoms with Crippen LogP contribution in [-0.4, -0.2) is 57.4 Å². The monoisotopic (exact) mass is 413 g/mol. The zero-order valence-electron chi connectivity index (χ0n) is 17.1. The number of nitrogens with zero attached hydrogens (tertiary/aromatic N) is 1. The van der Waals surface area contributed by atoms with Crippen molar-refractivity contribution in [2.24, 2.45) is 0 Å². The lowest BCUT2D eigenvalue weighted by Gasteiger charge is -2.33. The summed E-state index contributed by atoms with van der Waals surface area (Å²) >= 11 is 0. The first-order valence-electron chi connectivity index (χ1n) is 9.62. The van der Waals surface area contributed by atoms with Gasteiger partial charge in [0.15, 0.2) is 0 Å². The second kappa shape index (κ2) is 9.71. The van der Waals surface area contributed by atoms with Gasteiger partial charge in [0.2, 0.25) is 0 Å². The number of amides is 1. The molecule has 0 saturated carbocycles. The molecule has 1 aromatic rings. The second-order valence-electron chi connectivity index (χ2n) is 7.98. The fourth-order valence-corrected chi connectivity index (χ4v) is 3.72. The van der Waals surface area contributed by atoms with Gasteiger partial charge in [-0.25, -0.2) is 4.79 Å². The molecule has 0 aliphatic carbocycles. The van der Waals surface area contributed by atoms with E-state index in [2.05, 4.69) is 0 Å². The zero-order chi connectivity index (χ0) is 20.8. The summed E-state index contributed by atoms with van der Waals surface area (Å²) in [4.78, 5) is 13.9. The molecule has 1 saturated heterocycles. The van der Waals surface area contributed by atoms with Crippen LogP contribution >= 0.6 is 0 Å². The topological polar surface area (TPSA) is 82.1 Å². The van der Waals surface area contributed by atoms with Crippen molar-refractivity contribution in [3.8, 4) is 0 Å². The minimum absolute atomic E-state index is 0.0624. The van der Waals surface area contributed by atoms with E-state index in [9.17, 15) is 13.2 Å². The van der Waals surface area contributed by atoms with Crippen LogP contribution in [0.1, 0.15) is 45.6 Å². The number of ether oxygens (including phenoxy) is 2. The summed E-state index contributed by atoms with van der Waals surface area (Å²) in [5.74, 6) is 0. The molecule has 1 fully saturated rings. The summed E-state index contributed by atoms with van der Waals surface area (Å²) in [6, 6.07) is 6.56. The van der Waals surface area contributed by atoms with Crippen LogP contribution in [0, 0.1) is 6.92 Å². The third-order valence-corrected chi connectivity index (χ3v) is 5.61. The number of benzene rings is 1. The second-order valence-corrected chi connectivity index (χ2v) is 9.60. The number of hydrogen-bond donors (Lipinski definition) is 0. The minimum atomic E-state index is -3.73. The molecule has 0 spiro atoms. The Bertz CT molecular complexity index is 731. The molecule has 0 N–H and O–H groups in total. The lowest BCUT2D eigenvalue weighted by Crippen LogP contribution is -2.43. The van der Waals surface area contributed by atoms with Crippen LogP contribution in [0.15, 0.2) is 29.2 Å². The number of carbonyl (C=O) groups is 1. The normalized spacial score (nSPS) is 16.2. The highest BCUT2D eigenvalue weighted by atomic mass is 32.2. The molecule has 1 heterocycles. The number of rotatable bonds is 7. The van der Waals surface area contributed by atoms with Crippen LogP contribution in [0.4, 0.5) is 4.79 Å². The maximum atomic E-state index is 12.1. The molecular weight excluding hydrogens is 382 g/mol. The molecule has 158 valence electrons. The molecule has 2 rings (SSSR count). The largest absolute Gasteiger partial charge is 0.444 e. The van der Waals surface area contributed by atoms with Crippen molar-refractivity contribution >= 4 is 16.2 Å². The summed E-state index contributed by atoms with van der Waals surface area (Å²) in [5.41, 5.74) is 0.494. The Labute approximate surface area is 168 Å². The maximum absolute atomic E-state index is 12.1. The Balaban J connectivity index is 1.63. The maximum Gasteiger partial charge on any atom is 0.410 e. The molecule has 0 atom stereocenters. The molecular formula is C20H31NO6S. The Morgan fingerprint density at radius 2 is 1.71 bits per heavy atom. The Hall–Kier alpha value is -1.64. The van der Waals surface area contributed by atoms with E-state index in [1.807, 2.05) is 27.7 Å². The number of aryl methyl sites for hydroxylation is 1. The smallest absolute Gasteiger partial charge is 0.410 e. The van der Waals surface area contributed by atoms with Crippen molar-refractivity contribution in [2.75, 3.05) is 26.3 Å². The fourth-order valence-electron chi connectivity index (χ4n) is 2.78. The predicted octanol–water partition coefficient (Wildman–Crippen LogP) is 3.51. The van der Waals surface area contributed by atoms with Crippen molar-refractivity contribution in [3.05, 3.63) is 29.8 Å². The van der Waals surface area contributed by atoms with Crippen LogP contribution in [0.2, 0.25) is 0 Å². The van der Waals surface area contributed by atoms with E-state index in [1.165, 1.54) is 0 Å². The lowest BCUT2D eigenvalue weighted by atomic mass is 10.1. The van der Waals surface area contributed by atoms with Gasteiger partial charge in [0.05, 0.1) is 17.6 Å². The third-order valence-electron chi connectivity index (χ3n) is 4.28. The van der Waals surface area contributed by atoms with Gasteiger partial charge < -0.3 is 14.4 Å². The molecule has 1 aromatic carbocycles. The van der Waals surface area contributed by atoms with Crippen LogP contribution in [0.3, 0.4) is 0 Å². The first kappa shape index (κ1) is 22.6. The molecule has 1 amide bonds. The highest BCUT2D eigenvalue weighted by Crippen LogP contribution is 2.18. The van der Waals surface area contributed by atoms with E-state index in [0.29, 0.717) is 26.1 Å². The van der Waals surface area contributed by atoms with Gasteiger partial charge in [-0.15, -0.1) is 0 Å². The molecule has 0 bridgehead atoms. The average Bonchev–Trinajstić information content (AvgIpc) is 2.61. The summed E-state index contributed by atoms with van der Waals surface area (Å²) < 4.78 is 40.4. The van der Waals surface area contributed by atoms with Gasteiger partial charge in [-0.2, -0.15) is 8.42 Å². The van der Waals surface area contributed by atoms with Crippen molar-refractivity contribution in [1.82, 2.24) is 4.90 Å². The van der Waals surface area contributed by atoms with Crippen LogP contribution in [0.25, 0.3) is 0 Å². The molecule has 0 unspecified atom stereocenters. The van der Waals surface area contributed by atoms with E-state index < -0.39 is 15.7 Å². The van der Waals surface area contributed by atoms with Crippen molar-refractivity contribution in [1.29, 1.82) is 0 Å². The highest BCUT2D eigenvalue weighted by molar-refractivity contribution is 7.86. The molecule has 0 radical (unpaired) electrons. The third kappa shape index (κ3) is 7.41. The number of carbonyl (C=O) groups excluding carboxylic acids is 1. The number of piperidine rings is 1. The van der Waals surface area contributed by atoms with E-state index in [-0.39, 0.29) is 23.7 Å². The Morgan fingerprint density at radius 1 is 1.11 bits per heavy atom. The molecule has 8 heteroatoms. The minimum Gasteiger partial charge on any atom is -0.444 e. The number of hydrogen-bond acceptors (Lipinski definition) is 6. The number of likely N-dealkylation sites (tertiary alicyclic amines) is 1. The molecule has 7 nitrogen and oxygen atoms in total. The van der Waals surface area contributed by atoms with Gasteiger partial charge in [0.1, 0.15) is 5.60 Å². The lowest BCUT2D eigenvalue weighted by molar-refractivity contribution is -0.0132. The summed E-state index contributed by atoms with van der Waals surface area (Å²) in [6.45, 7) is 9.13. The Morgan fingerprint density at radius 3 is 2.29 bits per heavy atom. The van der Waals surface area contributed by atoms with Gasteiger partial charge in [0.25, 0.3) is 10.1 Å². The van der Waals surface area contributed by atoms with Crippen molar-refractivity contribution in [2.45, 2.75) is 63.6 Å². The van der Waals surface area contributed by atoms with E-state index >= 15 is 0 Å². The quantitative estimate of drug-likeness (QED) is 0.503. The van der Waals surface area contributed by atoms with Gasteiger partial charge >= 0.3 is 6.09 Å². The van der Waals surface area contributed by atoms with Gasteiger partial charge in [0, 0.05) is 19.7 Å². The summed E-state index contributed by atoms with van der Waals surface area (Å²) in [7, 11) is -3.73. The molecule has 1 aliphatic heterocycles. The highest BCUT2D eigenvalue weighted by Gasteiger charge is 2.27. The average molecular weight is 414 g/mol.